The fraction of sp³-hybridized carbons (Fsp3) is 0.400. The molecule has 0 saturated heterocycles. The molecule has 2 aliphatic carbocycles. The third-order valence-corrected chi connectivity index (χ3v) is 13.0. The van der Waals surface area contributed by atoms with Crippen molar-refractivity contribution in [1.82, 2.24) is 4.31 Å². The van der Waals surface area contributed by atoms with E-state index in [0.29, 0.717) is 36.3 Å². The highest BCUT2D eigenvalue weighted by atomic mass is 35.5. The number of halogens is 1. The third-order valence-electron chi connectivity index (χ3n) is 10.9. The molecule has 1 N–H and O–H groups in total. The predicted molar refractivity (Wildman–Crippen MR) is 196 cm³/mol. The van der Waals surface area contributed by atoms with Gasteiger partial charge in [0.25, 0.3) is 0 Å². The van der Waals surface area contributed by atoms with Crippen molar-refractivity contribution in [3.05, 3.63) is 112 Å². The molecule has 0 unspecified atom stereocenters. The highest BCUT2D eigenvalue weighted by Gasteiger charge is 2.43. The lowest BCUT2D eigenvalue weighted by Crippen LogP contribution is -2.48. The maximum Gasteiger partial charge on any atom is 0.243 e. The van der Waals surface area contributed by atoms with E-state index in [0.717, 1.165) is 60.5 Å². The Morgan fingerprint density at radius 2 is 1.56 bits per heavy atom. The molecule has 0 amide bonds. The van der Waals surface area contributed by atoms with Gasteiger partial charge in [-0.05, 0) is 121 Å². The second kappa shape index (κ2) is 14.5. The Labute approximate surface area is 300 Å². The number of aliphatic hydroxyl groups excluding tert-OH is 1. The van der Waals surface area contributed by atoms with Gasteiger partial charge in [-0.25, -0.2) is 8.42 Å². The molecule has 1 saturated carbocycles. The second-order valence-corrected chi connectivity index (χ2v) is 16.4. The lowest BCUT2D eigenvalue weighted by molar-refractivity contribution is 0.0936. The van der Waals surface area contributed by atoms with Gasteiger partial charge >= 0.3 is 0 Å². The molecule has 3 aliphatic rings. The molecule has 8 nitrogen and oxygen atoms in total. The van der Waals surface area contributed by atoms with Crippen LogP contribution in [0, 0.1) is 11.8 Å². The first-order chi connectivity index (χ1) is 24.2. The Morgan fingerprint density at radius 3 is 2.16 bits per heavy atom. The van der Waals surface area contributed by atoms with Gasteiger partial charge in [0.05, 0.1) is 31.4 Å². The van der Waals surface area contributed by atoms with Crippen LogP contribution in [0.4, 0.5) is 5.69 Å². The molecule has 1 heterocycles. The predicted octanol–water partition coefficient (Wildman–Crippen LogP) is 7.24. The average molecular weight is 717 g/mol. The lowest BCUT2D eigenvalue weighted by atomic mass is 9.69. The summed E-state index contributed by atoms with van der Waals surface area (Å²) in [7, 11) is -0.763. The minimum Gasteiger partial charge on any atom is -0.497 e. The van der Waals surface area contributed by atoms with Crippen molar-refractivity contribution in [2.75, 3.05) is 45.4 Å². The van der Waals surface area contributed by atoms with E-state index in [-0.39, 0.29) is 35.9 Å². The number of fused-ring (bicyclic) bond motifs is 3. The maximum absolute atomic E-state index is 14.7. The van der Waals surface area contributed by atoms with E-state index >= 15 is 0 Å². The van der Waals surface area contributed by atoms with E-state index in [1.54, 1.807) is 26.4 Å². The number of benzene rings is 4. The molecule has 0 aromatic heterocycles. The minimum atomic E-state index is -3.99. The summed E-state index contributed by atoms with van der Waals surface area (Å²) in [6.45, 7) is 2.42. The van der Waals surface area contributed by atoms with Gasteiger partial charge in [-0.1, -0.05) is 41.9 Å². The fourth-order valence-corrected chi connectivity index (χ4v) is 9.53. The molecule has 0 radical (unpaired) electrons. The number of rotatable bonds is 11. The third kappa shape index (κ3) is 6.93. The molecule has 4 aromatic carbocycles. The van der Waals surface area contributed by atoms with Crippen molar-refractivity contribution < 1.29 is 27.7 Å². The molecule has 0 bridgehead atoms. The zero-order valence-corrected chi connectivity index (χ0v) is 30.3. The van der Waals surface area contributed by atoms with E-state index in [1.807, 2.05) is 60.7 Å². The number of nitrogens with zero attached hydrogens (tertiary/aromatic N) is 2. The Bertz CT molecular complexity index is 1870. The van der Waals surface area contributed by atoms with Crippen LogP contribution in [0.2, 0.25) is 5.02 Å². The van der Waals surface area contributed by atoms with Gasteiger partial charge in [0.2, 0.25) is 10.0 Å². The Hall–Kier alpha value is -3.76. The zero-order chi connectivity index (χ0) is 34.9. The fourth-order valence-electron chi connectivity index (χ4n) is 7.90. The molecule has 1 fully saturated rings. The van der Waals surface area contributed by atoms with Crippen LogP contribution in [0.25, 0.3) is 0 Å². The summed E-state index contributed by atoms with van der Waals surface area (Å²) in [5.41, 5.74) is 4.72. The van der Waals surface area contributed by atoms with Gasteiger partial charge < -0.3 is 24.2 Å². The smallest absolute Gasteiger partial charge is 0.243 e. The van der Waals surface area contributed by atoms with Crippen LogP contribution in [0.1, 0.15) is 47.9 Å². The van der Waals surface area contributed by atoms with Crippen molar-refractivity contribution in [2.45, 2.75) is 55.5 Å². The molecule has 4 aromatic rings. The number of aliphatic hydroxyl groups is 1. The topological polar surface area (TPSA) is 88.5 Å². The standard InChI is InChI=1S/C40H45ClN2O6S/c1-47-34-12-5-28(6-13-34)22-43(23-29-7-14-35(48-2)15-8-29)50(45,46)36-16-18-39-38(21-36)42(24-31-9-10-32(31)25-44)26-40(27-49-39)19-3-4-30-20-33(41)11-17-37(30)40/h5-8,11-18,20-21,31-32,44H,3-4,9-10,19,22-27H2,1-2H3/t31-,32-,40-/m0/s1. The molecule has 1 spiro atoms. The first-order valence-electron chi connectivity index (χ1n) is 17.4. The van der Waals surface area contributed by atoms with Crippen LogP contribution in [-0.2, 0) is 34.9 Å². The Kier molecular flexibility index (Phi) is 10.0. The maximum atomic E-state index is 14.7. The van der Waals surface area contributed by atoms with E-state index in [2.05, 4.69) is 17.0 Å². The van der Waals surface area contributed by atoms with Crippen LogP contribution >= 0.6 is 11.6 Å². The Morgan fingerprint density at radius 1 is 0.900 bits per heavy atom. The van der Waals surface area contributed by atoms with Crippen molar-refractivity contribution in [3.8, 4) is 17.2 Å². The molecule has 10 heteroatoms. The van der Waals surface area contributed by atoms with Crippen LogP contribution in [0.3, 0.4) is 0 Å². The van der Waals surface area contributed by atoms with Crippen molar-refractivity contribution in [1.29, 1.82) is 0 Å². The second-order valence-electron chi connectivity index (χ2n) is 14.0. The average Bonchev–Trinajstić information content (AvgIpc) is 3.27. The summed E-state index contributed by atoms with van der Waals surface area (Å²) in [4.78, 5) is 2.56. The minimum absolute atomic E-state index is 0.161. The van der Waals surface area contributed by atoms with Crippen molar-refractivity contribution in [2.24, 2.45) is 11.8 Å². The molecule has 3 atom stereocenters. The first-order valence-corrected chi connectivity index (χ1v) is 19.2. The number of ether oxygens (including phenoxy) is 3. The lowest BCUT2D eigenvalue weighted by Gasteiger charge is -2.44. The van der Waals surface area contributed by atoms with Gasteiger partial charge in [-0.3, -0.25) is 0 Å². The van der Waals surface area contributed by atoms with E-state index in [1.165, 1.54) is 15.4 Å². The largest absolute Gasteiger partial charge is 0.497 e. The Balaban J connectivity index is 1.26. The van der Waals surface area contributed by atoms with Crippen LogP contribution in [0.5, 0.6) is 17.2 Å². The van der Waals surface area contributed by atoms with Gasteiger partial charge in [0.15, 0.2) is 0 Å². The van der Waals surface area contributed by atoms with Crippen LogP contribution in [0.15, 0.2) is 89.8 Å². The van der Waals surface area contributed by atoms with Crippen molar-refractivity contribution >= 4 is 27.3 Å². The quantitative estimate of drug-likeness (QED) is 0.175. The molecule has 7 rings (SSSR count). The number of aryl methyl sites for hydroxylation is 1. The SMILES string of the molecule is COc1ccc(CN(Cc2ccc(OC)cc2)S(=O)(=O)c2ccc3c(c2)N(C[C@@H]2CC[C@H]2CO)C[C@@]2(CCCc4cc(Cl)ccc42)CO3)cc1. The summed E-state index contributed by atoms with van der Waals surface area (Å²) in [5, 5.41) is 10.8. The molecular formula is C40H45ClN2O6S. The number of sulfonamides is 1. The highest BCUT2D eigenvalue weighted by Crippen LogP contribution is 2.46. The molecule has 50 heavy (non-hydrogen) atoms. The molecular weight excluding hydrogens is 672 g/mol. The van der Waals surface area contributed by atoms with E-state index in [4.69, 9.17) is 25.8 Å². The van der Waals surface area contributed by atoms with Gasteiger partial charge in [0.1, 0.15) is 17.2 Å². The highest BCUT2D eigenvalue weighted by molar-refractivity contribution is 7.89. The summed E-state index contributed by atoms with van der Waals surface area (Å²) >= 11 is 6.44. The van der Waals surface area contributed by atoms with Gasteiger partial charge in [-0.2, -0.15) is 4.31 Å². The summed E-state index contributed by atoms with van der Waals surface area (Å²) in [5.74, 6) is 2.66. The normalized spacial score (nSPS) is 21.5. The molecule has 1 aliphatic heterocycles. The van der Waals surface area contributed by atoms with E-state index < -0.39 is 10.0 Å². The van der Waals surface area contributed by atoms with Crippen molar-refractivity contribution in [3.63, 3.8) is 0 Å². The summed E-state index contributed by atoms with van der Waals surface area (Å²) in [6.07, 6.45) is 5.00. The van der Waals surface area contributed by atoms with Gasteiger partial charge in [-0.15, -0.1) is 0 Å². The zero-order valence-electron chi connectivity index (χ0n) is 28.7. The number of hydrogen-bond donors (Lipinski definition) is 1. The number of hydrogen-bond acceptors (Lipinski definition) is 7. The monoisotopic (exact) mass is 716 g/mol. The van der Waals surface area contributed by atoms with Gasteiger partial charge in [0, 0.05) is 43.2 Å². The molecule has 264 valence electrons. The number of anilines is 1. The first kappa shape index (κ1) is 34.7. The summed E-state index contributed by atoms with van der Waals surface area (Å²) in [6, 6.07) is 26.5. The summed E-state index contributed by atoms with van der Waals surface area (Å²) < 4.78 is 48.3. The number of methoxy groups -OCH3 is 2. The van der Waals surface area contributed by atoms with Crippen LogP contribution < -0.4 is 19.1 Å². The van der Waals surface area contributed by atoms with Crippen LogP contribution in [-0.4, -0.2) is 58.4 Å². The van der Waals surface area contributed by atoms with E-state index in [9.17, 15) is 13.5 Å².